The van der Waals surface area contributed by atoms with Crippen LogP contribution in [0, 0.1) is 0 Å². The molecule has 0 N–H and O–H groups in total. The highest BCUT2D eigenvalue weighted by atomic mass is 35.5. The molecule has 1 atom stereocenters. The van der Waals surface area contributed by atoms with Gasteiger partial charge in [-0.25, -0.2) is 4.98 Å². The van der Waals surface area contributed by atoms with Crippen LogP contribution in [0.5, 0.6) is 5.75 Å². The van der Waals surface area contributed by atoms with E-state index in [-0.39, 0.29) is 11.8 Å². The van der Waals surface area contributed by atoms with Gasteiger partial charge in [0.2, 0.25) is 5.91 Å². The smallest absolute Gasteiger partial charge is 0.258 e. The molecule has 0 bridgehead atoms. The van der Waals surface area contributed by atoms with Gasteiger partial charge in [0.25, 0.3) is 5.91 Å². The molecule has 2 aromatic rings. The van der Waals surface area contributed by atoms with E-state index >= 15 is 0 Å². The number of aromatic nitrogens is 2. The normalized spacial score (nSPS) is 19.1. The van der Waals surface area contributed by atoms with E-state index in [1.165, 1.54) is 7.11 Å². The topological polar surface area (TPSA) is 78.9 Å². The molecule has 4 rings (SSSR count). The summed E-state index contributed by atoms with van der Waals surface area (Å²) < 4.78 is 5.33. The summed E-state index contributed by atoms with van der Waals surface area (Å²) in [6, 6.07) is 4.50. The van der Waals surface area contributed by atoms with Crippen LogP contribution < -0.4 is 9.64 Å². The standard InChI is InChI=1S/C21H24ClN5O3/c1-30-18-5-4-15(22)13-16(18)20(28)27-8-2-3-17(27)21(29)26-11-9-25(10-12-26)19-14-23-6-7-24-19/h4-7,13-14,17H,2-3,8-12H2,1H3/t17-/m1/s1. The Labute approximate surface area is 180 Å². The minimum Gasteiger partial charge on any atom is -0.496 e. The number of ether oxygens (including phenoxy) is 1. The summed E-state index contributed by atoms with van der Waals surface area (Å²) in [6.45, 7) is 3.10. The molecule has 158 valence electrons. The van der Waals surface area contributed by atoms with Crippen molar-refractivity contribution in [3.63, 3.8) is 0 Å². The summed E-state index contributed by atoms with van der Waals surface area (Å²) in [7, 11) is 1.52. The average molecular weight is 430 g/mol. The maximum atomic E-state index is 13.2. The molecule has 0 aliphatic carbocycles. The second-order valence-corrected chi connectivity index (χ2v) is 7.81. The maximum absolute atomic E-state index is 13.2. The van der Waals surface area contributed by atoms with Crippen molar-refractivity contribution in [2.45, 2.75) is 18.9 Å². The molecule has 2 aliphatic rings. The highest BCUT2D eigenvalue weighted by molar-refractivity contribution is 6.31. The van der Waals surface area contributed by atoms with E-state index in [0.717, 1.165) is 12.2 Å². The van der Waals surface area contributed by atoms with Crippen LogP contribution in [0.1, 0.15) is 23.2 Å². The van der Waals surface area contributed by atoms with Crippen molar-refractivity contribution in [1.29, 1.82) is 0 Å². The molecule has 9 heteroatoms. The zero-order chi connectivity index (χ0) is 21.1. The fourth-order valence-corrected chi connectivity index (χ4v) is 4.26. The lowest BCUT2D eigenvalue weighted by atomic mass is 10.1. The van der Waals surface area contributed by atoms with Gasteiger partial charge in [-0.15, -0.1) is 0 Å². The van der Waals surface area contributed by atoms with Crippen molar-refractivity contribution in [3.05, 3.63) is 47.4 Å². The Morgan fingerprint density at radius 3 is 2.63 bits per heavy atom. The minimum absolute atomic E-state index is 0.000593. The number of amides is 2. The summed E-state index contributed by atoms with van der Waals surface area (Å²) in [6.07, 6.45) is 6.50. The number of carbonyl (C=O) groups is 2. The summed E-state index contributed by atoms with van der Waals surface area (Å²) in [4.78, 5) is 40.5. The first-order chi connectivity index (χ1) is 14.6. The van der Waals surface area contributed by atoms with E-state index in [1.54, 1.807) is 41.7 Å². The van der Waals surface area contributed by atoms with Gasteiger partial charge in [-0.3, -0.25) is 14.6 Å². The Bertz CT molecular complexity index is 918. The van der Waals surface area contributed by atoms with Crippen molar-refractivity contribution in [3.8, 4) is 5.75 Å². The lowest BCUT2D eigenvalue weighted by Gasteiger charge is -2.37. The van der Waals surface area contributed by atoms with Gasteiger partial charge in [0, 0.05) is 50.1 Å². The fraction of sp³-hybridized carbons (Fsp3) is 0.429. The molecule has 8 nitrogen and oxygen atoms in total. The quantitative estimate of drug-likeness (QED) is 0.740. The largest absolute Gasteiger partial charge is 0.496 e. The molecule has 0 unspecified atom stereocenters. The first-order valence-corrected chi connectivity index (χ1v) is 10.4. The van der Waals surface area contributed by atoms with Crippen molar-refractivity contribution in [2.24, 2.45) is 0 Å². The van der Waals surface area contributed by atoms with Gasteiger partial charge in [0.05, 0.1) is 18.9 Å². The van der Waals surface area contributed by atoms with Crippen LogP contribution in [0.3, 0.4) is 0 Å². The second kappa shape index (κ2) is 8.87. The third-order valence-electron chi connectivity index (χ3n) is 5.66. The fourth-order valence-electron chi connectivity index (χ4n) is 4.09. The number of halogens is 1. The lowest BCUT2D eigenvalue weighted by molar-refractivity contribution is -0.135. The van der Waals surface area contributed by atoms with Gasteiger partial charge in [0.15, 0.2) is 0 Å². The third kappa shape index (κ3) is 4.05. The predicted octanol–water partition coefficient (Wildman–Crippen LogP) is 2.09. The van der Waals surface area contributed by atoms with E-state index in [1.807, 2.05) is 4.90 Å². The van der Waals surface area contributed by atoms with Crippen LogP contribution in [0.4, 0.5) is 5.82 Å². The number of hydrogen-bond donors (Lipinski definition) is 0. The van der Waals surface area contributed by atoms with E-state index in [2.05, 4.69) is 14.9 Å². The molecule has 2 aliphatic heterocycles. The Balaban J connectivity index is 1.44. The molecular weight excluding hydrogens is 406 g/mol. The van der Waals surface area contributed by atoms with Crippen LogP contribution in [-0.4, -0.2) is 77.5 Å². The summed E-state index contributed by atoms with van der Waals surface area (Å²) in [5.41, 5.74) is 0.386. The number of carbonyl (C=O) groups excluding carboxylic acids is 2. The molecule has 0 spiro atoms. The van der Waals surface area contributed by atoms with Crippen LogP contribution >= 0.6 is 11.6 Å². The number of methoxy groups -OCH3 is 1. The Kier molecular flexibility index (Phi) is 6.03. The van der Waals surface area contributed by atoms with Crippen LogP contribution in [0.15, 0.2) is 36.8 Å². The van der Waals surface area contributed by atoms with Gasteiger partial charge >= 0.3 is 0 Å². The molecule has 30 heavy (non-hydrogen) atoms. The third-order valence-corrected chi connectivity index (χ3v) is 5.89. The number of hydrogen-bond acceptors (Lipinski definition) is 6. The average Bonchev–Trinajstić information content (AvgIpc) is 3.28. The molecule has 0 saturated carbocycles. The number of benzene rings is 1. The highest BCUT2D eigenvalue weighted by Gasteiger charge is 2.38. The number of piperazine rings is 1. The highest BCUT2D eigenvalue weighted by Crippen LogP contribution is 2.28. The van der Waals surface area contributed by atoms with Crippen molar-refractivity contribution in [1.82, 2.24) is 19.8 Å². The molecule has 0 radical (unpaired) electrons. The van der Waals surface area contributed by atoms with E-state index in [9.17, 15) is 9.59 Å². The van der Waals surface area contributed by atoms with Crippen molar-refractivity contribution in [2.75, 3.05) is 44.7 Å². The lowest BCUT2D eigenvalue weighted by Crippen LogP contribution is -2.54. The van der Waals surface area contributed by atoms with Gasteiger partial charge in [0.1, 0.15) is 17.6 Å². The molecule has 3 heterocycles. The zero-order valence-electron chi connectivity index (χ0n) is 16.8. The van der Waals surface area contributed by atoms with Crippen molar-refractivity contribution < 1.29 is 14.3 Å². The Hall–Kier alpha value is -2.87. The molecule has 2 saturated heterocycles. The molecule has 1 aromatic heterocycles. The Morgan fingerprint density at radius 1 is 1.13 bits per heavy atom. The van der Waals surface area contributed by atoms with Crippen molar-refractivity contribution >= 4 is 29.2 Å². The van der Waals surface area contributed by atoms with Crippen LogP contribution in [-0.2, 0) is 4.79 Å². The van der Waals surface area contributed by atoms with E-state index in [0.29, 0.717) is 55.5 Å². The van der Waals surface area contributed by atoms with Gasteiger partial charge < -0.3 is 19.4 Å². The first-order valence-electron chi connectivity index (χ1n) is 10.0. The zero-order valence-corrected chi connectivity index (χ0v) is 17.6. The number of likely N-dealkylation sites (tertiary alicyclic amines) is 1. The number of anilines is 1. The summed E-state index contributed by atoms with van der Waals surface area (Å²) >= 11 is 6.09. The SMILES string of the molecule is COc1ccc(Cl)cc1C(=O)N1CCC[C@@H]1C(=O)N1CCN(c2cnccn2)CC1. The number of nitrogens with zero attached hydrogens (tertiary/aromatic N) is 5. The van der Waals surface area contributed by atoms with Gasteiger partial charge in [-0.2, -0.15) is 0 Å². The predicted molar refractivity (Wildman–Crippen MR) is 113 cm³/mol. The summed E-state index contributed by atoms with van der Waals surface area (Å²) in [5, 5.41) is 0.460. The van der Waals surface area contributed by atoms with Gasteiger partial charge in [-0.05, 0) is 31.0 Å². The number of rotatable bonds is 4. The molecular formula is C21H24ClN5O3. The monoisotopic (exact) mass is 429 g/mol. The van der Waals surface area contributed by atoms with Gasteiger partial charge in [-0.1, -0.05) is 11.6 Å². The second-order valence-electron chi connectivity index (χ2n) is 7.38. The Morgan fingerprint density at radius 2 is 1.93 bits per heavy atom. The van der Waals surface area contributed by atoms with E-state index < -0.39 is 6.04 Å². The summed E-state index contributed by atoms with van der Waals surface area (Å²) in [5.74, 6) is 1.06. The molecule has 1 aromatic carbocycles. The van der Waals surface area contributed by atoms with Crippen LogP contribution in [0.2, 0.25) is 5.02 Å². The van der Waals surface area contributed by atoms with Crippen LogP contribution in [0.25, 0.3) is 0 Å². The van der Waals surface area contributed by atoms with E-state index in [4.69, 9.17) is 16.3 Å². The maximum Gasteiger partial charge on any atom is 0.258 e. The minimum atomic E-state index is -0.454. The molecule has 2 fully saturated rings. The first kappa shape index (κ1) is 20.4. The molecule has 2 amide bonds.